The largest absolute Gasteiger partial charge is 0.392 e. The Morgan fingerprint density at radius 1 is 1.31 bits per heavy atom. The van der Waals surface area contributed by atoms with Crippen LogP contribution in [0.15, 0.2) is 40.5 Å². The number of nitrogens with one attached hydrogen (secondary N) is 1. The zero-order valence-corrected chi connectivity index (χ0v) is 9.33. The molecule has 2 aromatic rings. The Hall–Kier alpha value is -1.65. The molecule has 1 heterocycles. The van der Waals surface area contributed by atoms with Crippen LogP contribution in [-0.2, 0) is 0 Å². The Kier molecular flexibility index (Phi) is 3.34. The van der Waals surface area contributed by atoms with Gasteiger partial charge in [-0.3, -0.25) is 4.79 Å². The molecular weight excluding hydrogens is 222 g/mol. The summed E-state index contributed by atoms with van der Waals surface area (Å²) in [7, 11) is 0. The number of aliphatic hydroxyl groups is 1. The Labute approximate surface area is 96.7 Å². The number of aromatic amines is 1. The van der Waals surface area contributed by atoms with Crippen molar-refractivity contribution in [2.75, 3.05) is 6.61 Å². The van der Waals surface area contributed by atoms with Crippen molar-refractivity contribution in [2.24, 2.45) is 0 Å². The number of aromatic nitrogens is 1. The zero-order valence-electron chi connectivity index (χ0n) is 8.51. The molecule has 0 amide bonds. The molecule has 0 bridgehead atoms. The molecule has 2 N–H and O–H groups in total. The van der Waals surface area contributed by atoms with Crippen LogP contribution >= 0.6 is 11.3 Å². The summed E-state index contributed by atoms with van der Waals surface area (Å²) in [6.07, 6.45) is 3.53. The Morgan fingerprint density at radius 3 is 2.62 bits per heavy atom. The van der Waals surface area contributed by atoms with Crippen LogP contribution in [0.1, 0.15) is 5.56 Å². The van der Waals surface area contributed by atoms with E-state index in [9.17, 15) is 4.79 Å². The van der Waals surface area contributed by atoms with Crippen molar-refractivity contribution < 1.29 is 5.11 Å². The van der Waals surface area contributed by atoms with Gasteiger partial charge in [0.25, 0.3) is 0 Å². The van der Waals surface area contributed by atoms with Crippen molar-refractivity contribution in [1.29, 1.82) is 0 Å². The molecule has 0 atom stereocenters. The van der Waals surface area contributed by atoms with E-state index >= 15 is 0 Å². The summed E-state index contributed by atoms with van der Waals surface area (Å²) in [4.78, 5) is 13.7. The maximum atomic E-state index is 11.0. The maximum Gasteiger partial charge on any atom is 0.304 e. The summed E-state index contributed by atoms with van der Waals surface area (Å²) in [5, 5.41) is 10.4. The van der Waals surface area contributed by atoms with Gasteiger partial charge >= 0.3 is 4.87 Å². The predicted octanol–water partition coefficient (Wildman–Crippen LogP) is 2.11. The number of hydrogen-bond donors (Lipinski definition) is 2. The normalized spacial score (nSPS) is 11.1. The lowest BCUT2D eigenvalue weighted by atomic mass is 10.1. The summed E-state index contributed by atoms with van der Waals surface area (Å²) in [5.74, 6) is 0. The molecule has 1 aromatic carbocycles. The topological polar surface area (TPSA) is 53.1 Å². The zero-order chi connectivity index (χ0) is 11.4. The van der Waals surface area contributed by atoms with E-state index < -0.39 is 0 Å². The molecule has 16 heavy (non-hydrogen) atoms. The third kappa shape index (κ3) is 2.48. The highest BCUT2D eigenvalue weighted by Gasteiger charge is 1.99. The number of hydrogen-bond acceptors (Lipinski definition) is 3. The molecule has 0 aliphatic carbocycles. The lowest BCUT2D eigenvalue weighted by molar-refractivity contribution is 0.343. The summed E-state index contributed by atoms with van der Waals surface area (Å²) in [6.45, 7) is 0.0413. The van der Waals surface area contributed by atoms with Gasteiger partial charge in [0.1, 0.15) is 0 Å². The molecular formula is C12H11NO2S. The van der Waals surface area contributed by atoms with E-state index in [1.807, 2.05) is 30.3 Å². The van der Waals surface area contributed by atoms with Crippen molar-refractivity contribution in [3.63, 3.8) is 0 Å². The maximum absolute atomic E-state index is 11.0. The van der Waals surface area contributed by atoms with Gasteiger partial charge in [0.15, 0.2) is 0 Å². The highest BCUT2D eigenvalue weighted by molar-refractivity contribution is 7.07. The molecule has 0 saturated carbocycles. The molecule has 0 saturated heterocycles. The van der Waals surface area contributed by atoms with Crippen molar-refractivity contribution in [3.05, 3.63) is 51.0 Å². The number of benzene rings is 1. The molecule has 4 heteroatoms. The van der Waals surface area contributed by atoms with Crippen molar-refractivity contribution in [2.45, 2.75) is 0 Å². The first-order valence-electron chi connectivity index (χ1n) is 4.85. The third-order valence-corrected chi connectivity index (χ3v) is 2.83. The van der Waals surface area contributed by atoms with Crippen LogP contribution in [0.3, 0.4) is 0 Å². The minimum Gasteiger partial charge on any atom is -0.392 e. The Balaban J connectivity index is 2.25. The van der Waals surface area contributed by atoms with Gasteiger partial charge in [-0.15, -0.1) is 0 Å². The first-order chi connectivity index (χ1) is 7.79. The third-order valence-electron chi connectivity index (χ3n) is 2.16. The molecule has 2 rings (SSSR count). The van der Waals surface area contributed by atoms with E-state index in [0.29, 0.717) is 0 Å². The van der Waals surface area contributed by atoms with Crippen LogP contribution in [0.2, 0.25) is 0 Å². The van der Waals surface area contributed by atoms with E-state index in [1.165, 1.54) is 0 Å². The first kappa shape index (κ1) is 10.9. The predicted molar refractivity (Wildman–Crippen MR) is 66.5 cm³/mol. The SMILES string of the molecule is O=c1[nH]c(-c2ccc(C=CCO)cc2)cs1. The van der Waals surface area contributed by atoms with E-state index in [4.69, 9.17) is 5.11 Å². The van der Waals surface area contributed by atoms with Gasteiger partial charge in [-0.25, -0.2) is 0 Å². The van der Waals surface area contributed by atoms with Gasteiger partial charge in [0, 0.05) is 5.38 Å². The molecule has 0 spiro atoms. The fraction of sp³-hybridized carbons (Fsp3) is 0.0833. The second-order valence-corrected chi connectivity index (χ2v) is 4.11. The number of thiazole rings is 1. The minimum atomic E-state index is -0.0424. The Bertz CT molecular complexity index is 537. The molecule has 0 aliphatic heterocycles. The van der Waals surface area contributed by atoms with E-state index in [-0.39, 0.29) is 11.5 Å². The van der Waals surface area contributed by atoms with Gasteiger partial charge in [-0.1, -0.05) is 47.8 Å². The summed E-state index contributed by atoms with van der Waals surface area (Å²) < 4.78 is 0. The van der Waals surface area contributed by atoms with Crippen LogP contribution < -0.4 is 4.87 Å². The van der Waals surface area contributed by atoms with Gasteiger partial charge in [0.2, 0.25) is 0 Å². The highest BCUT2D eigenvalue weighted by atomic mass is 32.1. The fourth-order valence-electron chi connectivity index (χ4n) is 1.38. The summed E-state index contributed by atoms with van der Waals surface area (Å²) in [5.41, 5.74) is 2.85. The second kappa shape index (κ2) is 4.92. The monoisotopic (exact) mass is 233 g/mol. The first-order valence-corrected chi connectivity index (χ1v) is 5.73. The number of rotatable bonds is 3. The van der Waals surface area contributed by atoms with Gasteiger partial charge in [0.05, 0.1) is 12.3 Å². The molecule has 1 aromatic heterocycles. The quantitative estimate of drug-likeness (QED) is 0.853. The van der Waals surface area contributed by atoms with Crippen molar-refractivity contribution in [1.82, 2.24) is 4.98 Å². The molecule has 0 unspecified atom stereocenters. The highest BCUT2D eigenvalue weighted by Crippen LogP contribution is 2.18. The molecule has 82 valence electrons. The molecule has 0 radical (unpaired) electrons. The molecule has 3 nitrogen and oxygen atoms in total. The van der Waals surface area contributed by atoms with Crippen LogP contribution in [0, 0.1) is 0 Å². The molecule has 0 aliphatic rings. The lowest BCUT2D eigenvalue weighted by Crippen LogP contribution is -1.92. The van der Waals surface area contributed by atoms with Crippen LogP contribution in [0.25, 0.3) is 17.3 Å². The van der Waals surface area contributed by atoms with E-state index in [2.05, 4.69) is 4.98 Å². The fourth-order valence-corrected chi connectivity index (χ4v) is 1.97. The van der Waals surface area contributed by atoms with E-state index in [0.717, 1.165) is 28.2 Å². The summed E-state index contributed by atoms with van der Waals surface area (Å²) >= 11 is 1.16. The minimum absolute atomic E-state index is 0.0413. The number of H-pyrrole nitrogens is 1. The van der Waals surface area contributed by atoms with Crippen LogP contribution in [-0.4, -0.2) is 16.7 Å². The lowest BCUT2D eigenvalue weighted by Gasteiger charge is -1.98. The second-order valence-electron chi connectivity index (χ2n) is 3.27. The number of aliphatic hydroxyl groups excluding tert-OH is 1. The Morgan fingerprint density at radius 2 is 2.06 bits per heavy atom. The van der Waals surface area contributed by atoms with Gasteiger partial charge in [-0.2, -0.15) is 0 Å². The molecule has 0 fully saturated rings. The average molecular weight is 233 g/mol. The van der Waals surface area contributed by atoms with Crippen LogP contribution in [0.4, 0.5) is 0 Å². The van der Waals surface area contributed by atoms with E-state index in [1.54, 1.807) is 11.5 Å². The van der Waals surface area contributed by atoms with Gasteiger partial charge < -0.3 is 10.1 Å². The van der Waals surface area contributed by atoms with Crippen LogP contribution in [0.5, 0.6) is 0 Å². The van der Waals surface area contributed by atoms with Gasteiger partial charge in [-0.05, 0) is 11.1 Å². The average Bonchev–Trinajstić information content (AvgIpc) is 2.74. The van der Waals surface area contributed by atoms with Crippen molar-refractivity contribution in [3.8, 4) is 11.3 Å². The smallest absolute Gasteiger partial charge is 0.304 e. The summed E-state index contributed by atoms with van der Waals surface area (Å²) in [6, 6.07) is 7.76. The van der Waals surface area contributed by atoms with Crippen molar-refractivity contribution >= 4 is 17.4 Å². The standard InChI is InChI=1S/C12H11NO2S/c14-7-1-2-9-3-5-10(6-4-9)11-8-16-12(15)13-11/h1-6,8,14H,7H2,(H,13,15).